The van der Waals surface area contributed by atoms with E-state index in [1.807, 2.05) is 0 Å². The average Bonchev–Trinajstić information content (AvgIpc) is 2.57. The first-order valence-electron chi connectivity index (χ1n) is 7.31. The zero-order valence-electron chi connectivity index (χ0n) is 13.3. The predicted molar refractivity (Wildman–Crippen MR) is 86.1 cm³/mol. The fraction of sp³-hybridized carbons (Fsp3) is 0.188. The lowest BCUT2D eigenvalue weighted by Crippen LogP contribution is -2.28. The summed E-state index contributed by atoms with van der Waals surface area (Å²) in [6.45, 7) is -1.48. The van der Waals surface area contributed by atoms with Gasteiger partial charge >= 0.3 is 6.18 Å². The van der Waals surface area contributed by atoms with Crippen LogP contribution in [0.3, 0.4) is 0 Å². The van der Waals surface area contributed by atoms with Gasteiger partial charge in [0.2, 0.25) is 5.95 Å². The van der Waals surface area contributed by atoms with Gasteiger partial charge < -0.3 is 10.1 Å². The molecule has 0 aliphatic rings. The van der Waals surface area contributed by atoms with Crippen molar-refractivity contribution in [1.29, 1.82) is 0 Å². The molecule has 3 rings (SSSR count). The average molecular weight is 368 g/mol. The largest absolute Gasteiger partial charge is 0.494 e. The van der Waals surface area contributed by atoms with E-state index in [1.165, 1.54) is 31.5 Å². The molecule has 0 unspecified atom stereocenters. The molecule has 0 atom stereocenters. The molecule has 2 aromatic heterocycles. The topological polar surface area (TPSA) is 69.0 Å². The Bertz CT molecular complexity index is 1020. The number of aromatic nitrogens is 3. The SMILES string of the molecule is COc1ccc(Nc2ncc3ccc(=O)n(CC(F)(F)F)c3n2)cc1F. The van der Waals surface area contributed by atoms with Crippen LogP contribution in [-0.4, -0.2) is 27.8 Å². The van der Waals surface area contributed by atoms with E-state index in [0.717, 1.165) is 12.1 Å². The van der Waals surface area contributed by atoms with Gasteiger partial charge in [0.15, 0.2) is 11.6 Å². The van der Waals surface area contributed by atoms with Crippen LogP contribution in [0.2, 0.25) is 0 Å². The molecule has 0 bridgehead atoms. The molecule has 0 aliphatic carbocycles. The molecule has 136 valence electrons. The summed E-state index contributed by atoms with van der Waals surface area (Å²) in [5, 5.41) is 2.95. The van der Waals surface area contributed by atoms with Crippen LogP contribution >= 0.6 is 0 Å². The summed E-state index contributed by atoms with van der Waals surface area (Å²) in [6, 6.07) is 6.34. The molecular weight excluding hydrogens is 356 g/mol. The van der Waals surface area contributed by atoms with E-state index in [9.17, 15) is 22.4 Å². The number of hydrogen-bond donors (Lipinski definition) is 1. The first-order valence-corrected chi connectivity index (χ1v) is 7.31. The lowest BCUT2D eigenvalue weighted by atomic mass is 10.3. The zero-order valence-corrected chi connectivity index (χ0v) is 13.3. The van der Waals surface area contributed by atoms with Crippen LogP contribution in [0.5, 0.6) is 5.75 Å². The Kier molecular flexibility index (Phi) is 4.49. The molecule has 0 saturated carbocycles. The van der Waals surface area contributed by atoms with Gasteiger partial charge in [0.1, 0.15) is 12.2 Å². The fourth-order valence-corrected chi connectivity index (χ4v) is 2.34. The number of anilines is 2. The van der Waals surface area contributed by atoms with Gasteiger partial charge in [-0.3, -0.25) is 9.36 Å². The second-order valence-corrected chi connectivity index (χ2v) is 5.32. The number of ether oxygens (including phenoxy) is 1. The standard InChI is InChI=1S/C16H12F4N4O2/c1-26-12-4-3-10(6-11(12)17)22-15-21-7-9-2-5-13(25)24(14(9)23-15)8-16(18,19)20/h2-7H,8H2,1H3,(H,21,22,23). The van der Waals surface area contributed by atoms with Crippen LogP contribution in [-0.2, 0) is 6.54 Å². The molecule has 0 saturated heterocycles. The van der Waals surface area contributed by atoms with E-state index in [2.05, 4.69) is 15.3 Å². The third-order valence-corrected chi connectivity index (χ3v) is 3.47. The molecule has 0 aliphatic heterocycles. The molecule has 10 heteroatoms. The van der Waals surface area contributed by atoms with Crippen molar-refractivity contribution in [1.82, 2.24) is 14.5 Å². The monoisotopic (exact) mass is 368 g/mol. The second-order valence-electron chi connectivity index (χ2n) is 5.32. The number of nitrogens with zero attached hydrogens (tertiary/aromatic N) is 3. The maximum absolute atomic E-state index is 13.7. The van der Waals surface area contributed by atoms with Crippen molar-refractivity contribution in [3.8, 4) is 5.75 Å². The van der Waals surface area contributed by atoms with Crippen molar-refractivity contribution >= 4 is 22.7 Å². The summed E-state index contributed by atoms with van der Waals surface area (Å²) >= 11 is 0. The van der Waals surface area contributed by atoms with E-state index in [-0.39, 0.29) is 28.4 Å². The lowest BCUT2D eigenvalue weighted by molar-refractivity contribution is -0.140. The molecule has 2 heterocycles. The predicted octanol–water partition coefficient (Wildman–Crippen LogP) is 3.25. The number of benzene rings is 1. The maximum Gasteiger partial charge on any atom is 0.406 e. The van der Waals surface area contributed by atoms with Crippen LogP contribution < -0.4 is 15.6 Å². The molecule has 26 heavy (non-hydrogen) atoms. The number of nitrogens with one attached hydrogen (secondary N) is 1. The van der Waals surface area contributed by atoms with E-state index < -0.39 is 24.1 Å². The van der Waals surface area contributed by atoms with E-state index in [1.54, 1.807) is 0 Å². The number of rotatable bonds is 4. The van der Waals surface area contributed by atoms with Crippen LogP contribution in [0.15, 0.2) is 41.3 Å². The van der Waals surface area contributed by atoms with Gasteiger partial charge in [-0.1, -0.05) is 0 Å². The number of methoxy groups -OCH3 is 1. The molecular formula is C16H12F4N4O2. The Morgan fingerprint density at radius 1 is 1.23 bits per heavy atom. The van der Waals surface area contributed by atoms with Crippen molar-refractivity contribution in [2.75, 3.05) is 12.4 Å². The minimum atomic E-state index is -4.59. The molecule has 0 amide bonds. The van der Waals surface area contributed by atoms with Crippen molar-refractivity contribution in [3.05, 3.63) is 52.7 Å². The number of hydrogen-bond acceptors (Lipinski definition) is 5. The Morgan fingerprint density at radius 3 is 2.65 bits per heavy atom. The normalized spacial score (nSPS) is 11.6. The second kappa shape index (κ2) is 6.62. The highest BCUT2D eigenvalue weighted by Gasteiger charge is 2.29. The van der Waals surface area contributed by atoms with Gasteiger partial charge in [-0.25, -0.2) is 9.37 Å². The molecule has 1 aromatic carbocycles. The summed E-state index contributed by atoms with van der Waals surface area (Å²) in [7, 11) is 1.32. The van der Waals surface area contributed by atoms with E-state index >= 15 is 0 Å². The van der Waals surface area contributed by atoms with E-state index in [0.29, 0.717) is 4.57 Å². The summed E-state index contributed by atoms with van der Waals surface area (Å²) in [6.07, 6.45) is -3.31. The van der Waals surface area contributed by atoms with E-state index in [4.69, 9.17) is 4.74 Å². The Balaban J connectivity index is 2.01. The molecule has 3 aromatic rings. The fourth-order valence-electron chi connectivity index (χ4n) is 2.34. The van der Waals surface area contributed by atoms with Crippen molar-refractivity contribution in [2.45, 2.75) is 12.7 Å². The Labute approximate surface area is 144 Å². The zero-order chi connectivity index (χ0) is 18.9. The summed E-state index contributed by atoms with van der Waals surface area (Å²) in [5.74, 6) is -0.676. The van der Waals surface area contributed by atoms with Crippen LogP contribution in [0.25, 0.3) is 11.0 Å². The molecule has 0 fully saturated rings. The highest BCUT2D eigenvalue weighted by molar-refractivity contribution is 5.75. The maximum atomic E-state index is 13.7. The lowest BCUT2D eigenvalue weighted by Gasteiger charge is -2.13. The van der Waals surface area contributed by atoms with Gasteiger partial charge in [0.05, 0.1) is 7.11 Å². The Hall–Kier alpha value is -3.17. The number of pyridine rings is 1. The van der Waals surface area contributed by atoms with Gasteiger partial charge in [0, 0.05) is 29.4 Å². The van der Waals surface area contributed by atoms with Crippen LogP contribution in [0, 0.1) is 5.82 Å². The summed E-state index contributed by atoms with van der Waals surface area (Å²) in [5.41, 5.74) is -0.750. The highest BCUT2D eigenvalue weighted by Crippen LogP contribution is 2.23. The third-order valence-electron chi connectivity index (χ3n) is 3.47. The number of halogens is 4. The van der Waals surface area contributed by atoms with Crippen molar-refractivity contribution < 1.29 is 22.3 Å². The van der Waals surface area contributed by atoms with Crippen LogP contribution in [0.4, 0.5) is 29.2 Å². The van der Waals surface area contributed by atoms with Gasteiger partial charge in [-0.05, 0) is 18.2 Å². The number of fused-ring (bicyclic) bond motifs is 1. The van der Waals surface area contributed by atoms with Crippen molar-refractivity contribution in [2.24, 2.45) is 0 Å². The third kappa shape index (κ3) is 3.73. The minimum Gasteiger partial charge on any atom is -0.494 e. The van der Waals surface area contributed by atoms with Gasteiger partial charge in [-0.2, -0.15) is 18.2 Å². The quantitative estimate of drug-likeness (QED) is 0.716. The smallest absolute Gasteiger partial charge is 0.406 e. The van der Waals surface area contributed by atoms with Gasteiger partial charge in [-0.15, -0.1) is 0 Å². The van der Waals surface area contributed by atoms with Crippen molar-refractivity contribution in [3.63, 3.8) is 0 Å². The number of alkyl halides is 3. The summed E-state index contributed by atoms with van der Waals surface area (Å²) < 4.78 is 57.3. The Morgan fingerprint density at radius 2 is 2.00 bits per heavy atom. The minimum absolute atomic E-state index is 0.0361. The molecule has 1 N–H and O–H groups in total. The first kappa shape index (κ1) is 17.6. The van der Waals surface area contributed by atoms with Crippen LogP contribution in [0.1, 0.15) is 0 Å². The molecule has 0 radical (unpaired) electrons. The molecule has 0 spiro atoms. The first-order chi connectivity index (χ1) is 12.3. The van der Waals surface area contributed by atoms with Gasteiger partial charge in [0.25, 0.3) is 5.56 Å². The highest BCUT2D eigenvalue weighted by atomic mass is 19.4. The molecule has 6 nitrogen and oxygen atoms in total. The summed E-state index contributed by atoms with van der Waals surface area (Å²) in [4.78, 5) is 19.8.